The smallest absolute Gasteiger partial charge is 0.349 e. The number of fused-ring (bicyclic) bond motifs is 5. The zero-order valence-electron chi connectivity index (χ0n) is 25.8. The SMILES string of the molecule is [2H]C1([2H])C([2H])(OC(=O)C(O)(c2cccs2)c2cccs2)C([2H])([2H])C2([2H])C3([2H])OC3([2H])C1([2H])[N+]2(C)C([2H])([2H])[2H].[Br-]. The summed E-state index contributed by atoms with van der Waals surface area (Å²) in [6.07, 6.45) is -17.9. The van der Waals surface area contributed by atoms with Crippen LogP contribution in [0.2, 0.25) is 0 Å². The predicted octanol–water partition coefficient (Wildman–Crippen LogP) is -0.650. The van der Waals surface area contributed by atoms with Gasteiger partial charge >= 0.3 is 5.97 Å². The highest BCUT2D eigenvalue weighted by molar-refractivity contribution is 7.12. The summed E-state index contributed by atoms with van der Waals surface area (Å²) < 4.78 is 112. The topological polar surface area (TPSA) is 59.1 Å². The maximum atomic E-state index is 13.7. The van der Waals surface area contributed by atoms with E-state index in [1.165, 1.54) is 35.0 Å². The molecule has 0 saturated carbocycles. The van der Waals surface area contributed by atoms with Gasteiger partial charge in [-0.2, -0.15) is 0 Å². The number of thiophene rings is 2. The van der Waals surface area contributed by atoms with Crippen LogP contribution in [0, 0.1) is 0 Å². The molecule has 4 unspecified atom stereocenters. The van der Waals surface area contributed by atoms with Gasteiger partial charge in [0, 0.05) is 18.2 Å². The number of epoxide rings is 1. The molecule has 0 spiro atoms. The Morgan fingerprint density at radius 2 is 1.89 bits per heavy atom. The second-order valence-corrected chi connectivity index (χ2v) is 7.99. The molecule has 4 atom stereocenters. The normalized spacial score (nSPS) is 61.0. The maximum absolute atomic E-state index is 13.7. The number of hydrogen-bond donors (Lipinski definition) is 1. The average molecular weight is 484 g/mol. The highest BCUT2D eigenvalue weighted by Gasteiger charge is 2.71. The Labute approximate surface area is 193 Å². The first kappa shape index (κ1) is 9.82. The Kier molecular flexibility index (Phi) is 2.42. The van der Waals surface area contributed by atoms with E-state index in [1.807, 2.05) is 0 Å². The molecule has 3 saturated heterocycles. The van der Waals surface area contributed by atoms with Gasteiger partial charge in [0.1, 0.15) is 30.3 Å². The zero-order valence-corrected chi connectivity index (χ0v) is 17.0. The Morgan fingerprint density at radius 1 is 1.33 bits per heavy atom. The van der Waals surface area contributed by atoms with E-state index >= 15 is 0 Å². The van der Waals surface area contributed by atoms with Gasteiger partial charge in [0.05, 0.1) is 34.7 Å². The summed E-state index contributed by atoms with van der Waals surface area (Å²) in [5.41, 5.74) is -2.65. The van der Waals surface area contributed by atoms with E-state index < -0.39 is 66.1 Å². The van der Waals surface area contributed by atoms with E-state index in [-0.39, 0.29) is 26.7 Å². The van der Waals surface area contributed by atoms with Crippen molar-refractivity contribution < 1.29 is 57.3 Å². The number of carbonyl (C=O) groups excluding carboxylic acids is 1. The Bertz CT molecular complexity index is 1250. The lowest BCUT2D eigenvalue weighted by Crippen LogP contribution is -3.00. The minimum absolute atomic E-state index is 0. The van der Waals surface area contributed by atoms with Crippen molar-refractivity contribution in [2.24, 2.45) is 0 Å². The number of esters is 1. The molecule has 2 aromatic rings. The maximum Gasteiger partial charge on any atom is 0.349 e. The molecule has 3 aliphatic heterocycles. The molecule has 27 heavy (non-hydrogen) atoms. The first-order chi connectivity index (χ1) is 17.0. The van der Waals surface area contributed by atoms with Crippen LogP contribution in [0.5, 0.6) is 0 Å². The third-order valence-corrected chi connectivity index (χ3v) is 6.36. The number of morpholine rings is 1. The fourth-order valence-corrected chi connectivity index (χ4v) is 4.71. The van der Waals surface area contributed by atoms with Crippen molar-refractivity contribution in [1.82, 2.24) is 0 Å². The van der Waals surface area contributed by atoms with Gasteiger partial charge in [0.25, 0.3) is 0 Å². The highest BCUT2D eigenvalue weighted by Crippen LogP contribution is 2.52. The summed E-state index contributed by atoms with van der Waals surface area (Å²) in [6.45, 7) is -3.55. The predicted molar refractivity (Wildman–Crippen MR) is 99.1 cm³/mol. The van der Waals surface area contributed by atoms with Gasteiger partial charge in [-0.1, -0.05) is 12.1 Å². The monoisotopic (exact) mass is 483 g/mol. The molecule has 2 aromatic heterocycles. The largest absolute Gasteiger partial charge is 1.00 e. The molecule has 1 N–H and O–H groups in total. The number of carbonyl (C=O) groups is 1. The van der Waals surface area contributed by atoms with Crippen molar-refractivity contribution >= 4 is 28.6 Å². The van der Waals surface area contributed by atoms with Crippen LogP contribution < -0.4 is 17.0 Å². The first-order valence-electron chi connectivity index (χ1n) is 13.7. The molecule has 0 aliphatic carbocycles. The molecule has 0 amide bonds. The minimum Gasteiger partial charge on any atom is -1.00 e. The van der Waals surface area contributed by atoms with Gasteiger partial charge in [0.15, 0.2) is 0 Å². The molecule has 2 bridgehead atoms. The number of hydrogen-bond acceptors (Lipinski definition) is 6. The van der Waals surface area contributed by atoms with Crippen LogP contribution in [0.25, 0.3) is 0 Å². The molecule has 0 radical (unpaired) electrons. The van der Waals surface area contributed by atoms with Gasteiger partial charge in [-0.15, -0.1) is 22.7 Å². The highest BCUT2D eigenvalue weighted by atomic mass is 79.9. The molecule has 3 aliphatic rings. The number of aliphatic hydroxyl groups is 1. The van der Waals surface area contributed by atoms with Crippen molar-refractivity contribution in [2.45, 2.75) is 48.6 Å². The van der Waals surface area contributed by atoms with E-state index in [2.05, 4.69) is 0 Å². The van der Waals surface area contributed by atoms with E-state index in [1.54, 1.807) is 0 Å². The second-order valence-electron chi connectivity index (χ2n) is 6.10. The Morgan fingerprint density at radius 3 is 2.33 bits per heavy atom. The summed E-state index contributed by atoms with van der Waals surface area (Å²) in [7, 11) is 0.653. The standard InChI is InChI=1S/C19H22NO4S2.BrH/c1-20(2)12-9-11(10-13(20)17-16(12)24-17)23-18(21)19(22,14-5-3-7-25-14)15-6-4-8-26-15;/h3-8,11-13,16-17,22H,9-10H2,1-2H3;1H/q+1;/p-1/i1D3,9D2,10D2,11D,12D,13D,16D,17D;. The van der Waals surface area contributed by atoms with Gasteiger partial charge in [-0.25, -0.2) is 4.79 Å². The zero-order chi connectivity index (χ0) is 28.8. The summed E-state index contributed by atoms with van der Waals surface area (Å²) in [5.74, 6) is -1.71. The molecule has 3 fully saturated rings. The molecule has 0 aromatic carbocycles. The van der Waals surface area contributed by atoms with Crippen molar-refractivity contribution in [3.8, 4) is 0 Å². The van der Waals surface area contributed by atoms with Gasteiger partial charge in [0.2, 0.25) is 5.60 Å². The lowest BCUT2D eigenvalue weighted by Gasteiger charge is -2.45. The molecular formula is C19H22BrNO4S2. The average Bonchev–Trinajstić information content (AvgIpc) is 3.32. The van der Waals surface area contributed by atoms with Crippen LogP contribution in [0.4, 0.5) is 0 Å². The number of likely N-dealkylation sites (N-methyl/N-ethyl adjacent to an activating group) is 1. The van der Waals surface area contributed by atoms with Crippen LogP contribution in [-0.4, -0.2) is 59.9 Å². The van der Waals surface area contributed by atoms with Crippen molar-refractivity contribution in [2.75, 3.05) is 14.0 Å². The summed E-state index contributed by atoms with van der Waals surface area (Å²) in [6, 6.07) is -1.39. The van der Waals surface area contributed by atoms with E-state index in [9.17, 15) is 9.90 Å². The lowest BCUT2D eigenvalue weighted by atomic mass is 9.95. The summed E-state index contributed by atoms with van der Waals surface area (Å²) >= 11 is 1.83. The molecule has 5 rings (SSSR count). The number of piperidine rings is 1. The van der Waals surface area contributed by atoms with Gasteiger partial charge in [-0.05, 0) is 22.9 Å². The van der Waals surface area contributed by atoms with E-state index in [0.717, 1.165) is 22.7 Å². The minimum atomic E-state index is -3.90. The fraction of sp³-hybridized carbons (Fsp3) is 0.526. The van der Waals surface area contributed by atoms with Crippen molar-refractivity contribution in [3.05, 3.63) is 44.8 Å². The van der Waals surface area contributed by atoms with Crippen LogP contribution in [0.1, 0.15) is 38.9 Å². The Hall–Kier alpha value is -0.770. The third kappa shape index (κ3) is 2.84. The van der Waals surface area contributed by atoms with Crippen molar-refractivity contribution in [1.29, 1.82) is 0 Å². The molecular weight excluding hydrogens is 450 g/mol. The number of ether oxygens (including phenoxy) is 2. The number of quaternary nitrogens is 1. The van der Waals surface area contributed by atoms with Crippen LogP contribution in [-0.2, 0) is 19.9 Å². The summed E-state index contributed by atoms with van der Waals surface area (Å²) in [4.78, 5) is 13.7. The van der Waals surface area contributed by atoms with E-state index in [4.69, 9.17) is 25.9 Å². The number of rotatable bonds is 4. The number of halogens is 1. The van der Waals surface area contributed by atoms with E-state index in [0.29, 0.717) is 7.05 Å². The van der Waals surface area contributed by atoms with Gasteiger partial charge in [-0.3, -0.25) is 0 Å². The summed E-state index contributed by atoms with van der Waals surface area (Å²) in [5, 5.41) is 14.6. The van der Waals surface area contributed by atoms with Crippen LogP contribution >= 0.6 is 22.7 Å². The lowest BCUT2D eigenvalue weighted by molar-refractivity contribution is -0.938. The molecule has 8 heteroatoms. The fourth-order valence-electron chi connectivity index (χ4n) is 3.00. The first-order valence-corrected chi connectivity index (χ1v) is 9.41. The quantitative estimate of drug-likeness (QED) is 0.356. The molecule has 5 nitrogen and oxygen atoms in total. The van der Waals surface area contributed by atoms with Gasteiger partial charge < -0.3 is 36.0 Å². The van der Waals surface area contributed by atoms with Crippen LogP contribution in [0.15, 0.2) is 35.0 Å². The Balaban J connectivity index is 0.00000353. The van der Waals surface area contributed by atoms with Crippen molar-refractivity contribution in [3.63, 3.8) is 0 Å². The number of nitrogens with zero attached hydrogens (tertiary/aromatic N) is 1. The van der Waals surface area contributed by atoms with Crippen LogP contribution in [0.3, 0.4) is 0 Å². The second kappa shape index (κ2) is 6.64. The molecule has 146 valence electrons. The molecule has 5 heterocycles. The third-order valence-electron chi connectivity index (χ3n) is 4.40.